The highest BCUT2D eigenvalue weighted by atomic mass is 16.3. The highest BCUT2D eigenvalue weighted by Crippen LogP contribution is 2.24. The van der Waals surface area contributed by atoms with E-state index < -0.39 is 6.10 Å². The van der Waals surface area contributed by atoms with Gasteiger partial charge in [-0.1, -0.05) is 0 Å². The fourth-order valence-electron chi connectivity index (χ4n) is 3.35. The molecular weight excluding hydrogens is 374 g/mol. The molecule has 1 amide bonds. The van der Waals surface area contributed by atoms with Crippen LogP contribution >= 0.6 is 0 Å². The van der Waals surface area contributed by atoms with E-state index in [2.05, 4.69) is 36.2 Å². The van der Waals surface area contributed by atoms with E-state index in [0.29, 0.717) is 34.9 Å². The number of amides is 1. The smallest absolute Gasteiger partial charge is 0.257 e. The van der Waals surface area contributed by atoms with Crippen LogP contribution in [0.25, 0.3) is 11.3 Å². The maximum Gasteiger partial charge on any atom is 0.257 e. The lowest BCUT2D eigenvalue weighted by atomic mass is 9.89. The summed E-state index contributed by atoms with van der Waals surface area (Å²) in [5, 5.41) is 31.2. The summed E-state index contributed by atoms with van der Waals surface area (Å²) >= 11 is 0. The molecule has 1 aliphatic carbocycles. The van der Waals surface area contributed by atoms with Crippen LogP contribution in [0.3, 0.4) is 0 Å². The van der Waals surface area contributed by atoms with Gasteiger partial charge in [0.2, 0.25) is 0 Å². The summed E-state index contributed by atoms with van der Waals surface area (Å²) in [4.78, 5) is 17.3. The van der Waals surface area contributed by atoms with Crippen LogP contribution in [0.2, 0.25) is 0 Å². The van der Waals surface area contributed by atoms with Gasteiger partial charge in [-0.3, -0.25) is 9.20 Å². The van der Waals surface area contributed by atoms with Gasteiger partial charge in [-0.25, -0.2) is 4.98 Å². The Bertz CT molecular complexity index is 1210. The van der Waals surface area contributed by atoms with Gasteiger partial charge in [-0.05, 0) is 25.0 Å². The molecule has 0 saturated heterocycles. The fraction of sp³-hybridized carbons (Fsp3) is 0.278. The monoisotopic (exact) mass is 393 g/mol. The maximum atomic E-state index is 12.7. The molecule has 4 heterocycles. The molecule has 0 radical (unpaired) electrons. The summed E-state index contributed by atoms with van der Waals surface area (Å²) in [5.41, 5.74) is 2.13. The number of aliphatic hydroxyl groups excluding tert-OH is 1. The molecule has 0 aromatic carbocycles. The van der Waals surface area contributed by atoms with Gasteiger partial charge in [0.25, 0.3) is 5.91 Å². The number of fused-ring (bicyclic) bond motifs is 2. The predicted octanol–water partition coefficient (Wildman–Crippen LogP) is 0.810. The number of rotatable bonds is 5. The molecule has 4 aromatic rings. The van der Waals surface area contributed by atoms with Crippen molar-refractivity contribution in [3.63, 3.8) is 0 Å². The summed E-state index contributed by atoms with van der Waals surface area (Å²) in [6.45, 7) is 0. The summed E-state index contributed by atoms with van der Waals surface area (Å²) in [6, 6.07) is 5.31. The van der Waals surface area contributed by atoms with Gasteiger partial charge >= 0.3 is 0 Å². The van der Waals surface area contributed by atoms with Crippen LogP contribution in [-0.4, -0.2) is 59.4 Å². The van der Waals surface area contributed by atoms with E-state index >= 15 is 0 Å². The number of hydrogen-bond donors (Lipinski definition) is 4. The van der Waals surface area contributed by atoms with Crippen LogP contribution in [-0.2, 0) is 0 Å². The van der Waals surface area contributed by atoms with Gasteiger partial charge in [-0.15, -0.1) is 10.2 Å². The standard InChI is InChI=1S/C18H19N9O2/c1-19-15-7-14(22-12-3-2-6-26-9-20-25-17(12)26)24-16-10(8-21-27(15)16)18(29)23-11-4-5-13(11)28/h2-3,6-9,11,13,19,28H,4-5H2,1H3,(H,22,24)(H,23,29)/t11-,13+/m1/s1. The Hall–Kier alpha value is -3.73. The Morgan fingerprint density at radius 1 is 1.31 bits per heavy atom. The number of nitrogens with zero attached hydrogens (tertiary/aromatic N) is 6. The molecule has 1 aliphatic rings. The van der Waals surface area contributed by atoms with E-state index in [4.69, 9.17) is 0 Å². The van der Waals surface area contributed by atoms with E-state index in [1.165, 1.54) is 6.20 Å². The quantitative estimate of drug-likeness (QED) is 0.391. The molecule has 0 unspecified atom stereocenters. The van der Waals surface area contributed by atoms with E-state index in [-0.39, 0.29) is 11.9 Å². The van der Waals surface area contributed by atoms with Crippen molar-refractivity contribution in [1.29, 1.82) is 0 Å². The second kappa shape index (κ2) is 6.71. The molecule has 0 aliphatic heterocycles. The van der Waals surface area contributed by atoms with Crippen LogP contribution in [0.15, 0.2) is 36.9 Å². The van der Waals surface area contributed by atoms with Gasteiger partial charge in [0.1, 0.15) is 23.5 Å². The first kappa shape index (κ1) is 17.4. The molecule has 1 saturated carbocycles. The van der Waals surface area contributed by atoms with E-state index in [0.717, 1.165) is 12.1 Å². The molecule has 11 heteroatoms. The Labute approximate surface area is 164 Å². The van der Waals surface area contributed by atoms with Gasteiger partial charge in [0.15, 0.2) is 11.3 Å². The number of pyridine rings is 1. The molecule has 0 bridgehead atoms. The van der Waals surface area contributed by atoms with Crippen LogP contribution in [0, 0.1) is 0 Å². The van der Waals surface area contributed by atoms with E-state index in [1.807, 2.05) is 18.3 Å². The predicted molar refractivity (Wildman–Crippen MR) is 105 cm³/mol. The zero-order valence-corrected chi connectivity index (χ0v) is 15.6. The van der Waals surface area contributed by atoms with Crippen molar-refractivity contribution in [2.24, 2.45) is 0 Å². The van der Waals surface area contributed by atoms with Crippen molar-refractivity contribution < 1.29 is 9.90 Å². The first-order valence-electron chi connectivity index (χ1n) is 9.25. The lowest BCUT2D eigenvalue weighted by Crippen LogP contribution is -2.50. The second-order valence-electron chi connectivity index (χ2n) is 6.90. The number of nitrogens with one attached hydrogen (secondary N) is 3. The minimum Gasteiger partial charge on any atom is -0.391 e. The lowest BCUT2D eigenvalue weighted by molar-refractivity contribution is 0.0448. The molecule has 1 fully saturated rings. The Morgan fingerprint density at radius 3 is 2.97 bits per heavy atom. The molecule has 0 spiro atoms. The summed E-state index contributed by atoms with van der Waals surface area (Å²) in [7, 11) is 1.77. The molecule has 2 atom stereocenters. The van der Waals surface area contributed by atoms with E-state index in [1.54, 1.807) is 28.4 Å². The number of aliphatic hydroxyl groups is 1. The molecule has 4 N–H and O–H groups in total. The Kier molecular flexibility index (Phi) is 4.02. The highest BCUT2D eigenvalue weighted by molar-refractivity contribution is 6.00. The first-order valence-corrected chi connectivity index (χ1v) is 9.25. The molecule has 11 nitrogen and oxygen atoms in total. The second-order valence-corrected chi connectivity index (χ2v) is 6.90. The van der Waals surface area contributed by atoms with Crippen molar-refractivity contribution in [2.45, 2.75) is 25.0 Å². The van der Waals surface area contributed by atoms with Gasteiger partial charge in [0.05, 0.1) is 24.0 Å². The van der Waals surface area contributed by atoms with Crippen LogP contribution in [0.4, 0.5) is 17.3 Å². The summed E-state index contributed by atoms with van der Waals surface area (Å²) < 4.78 is 3.36. The fourth-order valence-corrected chi connectivity index (χ4v) is 3.35. The van der Waals surface area contributed by atoms with Crippen molar-refractivity contribution in [3.8, 4) is 0 Å². The number of aromatic nitrogens is 6. The molecular formula is C18H19N9O2. The van der Waals surface area contributed by atoms with Gasteiger partial charge < -0.3 is 21.1 Å². The number of anilines is 3. The van der Waals surface area contributed by atoms with Crippen LogP contribution in [0.1, 0.15) is 23.2 Å². The zero-order valence-electron chi connectivity index (χ0n) is 15.6. The minimum atomic E-state index is -0.498. The average Bonchev–Trinajstić information content (AvgIpc) is 3.37. The minimum absolute atomic E-state index is 0.229. The van der Waals surface area contributed by atoms with Gasteiger partial charge in [-0.2, -0.15) is 9.61 Å². The highest BCUT2D eigenvalue weighted by Gasteiger charge is 2.31. The largest absolute Gasteiger partial charge is 0.391 e. The molecule has 5 rings (SSSR count). The Morgan fingerprint density at radius 2 is 2.21 bits per heavy atom. The number of carbonyl (C=O) groups excluding carboxylic acids is 1. The third-order valence-electron chi connectivity index (χ3n) is 5.11. The van der Waals surface area contributed by atoms with E-state index in [9.17, 15) is 9.90 Å². The SMILES string of the molecule is CNc1cc(Nc2cccn3cnnc23)nc2c(C(=O)N[C@@H]3CC[C@@H]3O)cnn12. The number of hydrogen-bond acceptors (Lipinski definition) is 8. The van der Waals surface area contributed by atoms with Crippen molar-refractivity contribution in [2.75, 3.05) is 17.7 Å². The van der Waals surface area contributed by atoms with Crippen molar-refractivity contribution in [1.82, 2.24) is 34.5 Å². The van der Waals surface area contributed by atoms with Crippen molar-refractivity contribution >= 4 is 34.5 Å². The first-order chi connectivity index (χ1) is 14.1. The maximum absolute atomic E-state index is 12.7. The zero-order chi connectivity index (χ0) is 20.0. The van der Waals surface area contributed by atoms with Crippen LogP contribution in [0.5, 0.6) is 0 Å². The van der Waals surface area contributed by atoms with Gasteiger partial charge in [0, 0.05) is 19.3 Å². The molecule has 148 valence electrons. The summed E-state index contributed by atoms with van der Waals surface area (Å²) in [6.07, 6.45) is 5.91. The molecule has 4 aromatic heterocycles. The molecule has 29 heavy (non-hydrogen) atoms. The van der Waals surface area contributed by atoms with Crippen molar-refractivity contribution in [3.05, 3.63) is 42.5 Å². The third-order valence-corrected chi connectivity index (χ3v) is 5.11. The normalized spacial score (nSPS) is 18.6. The number of carbonyl (C=O) groups is 1. The Balaban J connectivity index is 1.52. The van der Waals surface area contributed by atoms with Crippen LogP contribution < -0.4 is 16.0 Å². The summed E-state index contributed by atoms with van der Waals surface area (Å²) in [5.74, 6) is 0.875. The topological polar surface area (TPSA) is 134 Å². The lowest BCUT2D eigenvalue weighted by Gasteiger charge is -2.32. The third kappa shape index (κ3) is 2.91. The average molecular weight is 393 g/mol.